The summed E-state index contributed by atoms with van der Waals surface area (Å²) in [6.07, 6.45) is -0.924. The zero-order valence-electron chi connectivity index (χ0n) is 17.0. The minimum Gasteiger partial charge on any atom is -0.453 e. The molecule has 0 aliphatic rings. The van der Waals surface area contributed by atoms with Crippen molar-refractivity contribution in [3.05, 3.63) is 76.7 Å². The molecule has 0 saturated carbocycles. The van der Waals surface area contributed by atoms with Crippen LogP contribution in [0.1, 0.15) is 26.3 Å². The van der Waals surface area contributed by atoms with Gasteiger partial charge in [0.2, 0.25) is 0 Å². The van der Waals surface area contributed by atoms with E-state index in [-0.39, 0.29) is 26.7 Å². The molecule has 2 aromatic carbocycles. The predicted molar refractivity (Wildman–Crippen MR) is 121 cm³/mol. The minimum absolute atomic E-state index is 0.0879. The Hall–Kier alpha value is -3.70. The molecule has 166 valence electrons. The summed E-state index contributed by atoms with van der Waals surface area (Å²) in [7, 11) is -2.71. The van der Waals surface area contributed by atoms with Crippen molar-refractivity contribution < 1.29 is 27.5 Å². The molecule has 3 N–H and O–H groups in total. The highest BCUT2D eigenvalue weighted by molar-refractivity contribution is 7.92. The largest absolute Gasteiger partial charge is 0.453 e. The molecule has 0 saturated heterocycles. The van der Waals surface area contributed by atoms with Gasteiger partial charge < -0.3 is 10.1 Å². The lowest BCUT2D eigenvalue weighted by atomic mass is 10.2. The second kappa shape index (κ2) is 9.62. The van der Waals surface area contributed by atoms with Crippen molar-refractivity contribution in [3.8, 4) is 0 Å². The van der Waals surface area contributed by atoms with E-state index in [0.717, 1.165) is 24.0 Å². The first kappa shape index (κ1) is 23.0. The number of amides is 3. The third-order valence-electron chi connectivity index (χ3n) is 4.25. The molecule has 0 spiro atoms. The third-order valence-corrected chi connectivity index (χ3v) is 6.47. The Labute approximate surface area is 188 Å². The number of alkyl carbamates (subject to hydrolysis) is 1. The Morgan fingerprint density at radius 3 is 2.38 bits per heavy atom. The van der Waals surface area contributed by atoms with E-state index >= 15 is 0 Å². The summed E-state index contributed by atoms with van der Waals surface area (Å²) in [5.74, 6) is -1.29. The fourth-order valence-corrected chi connectivity index (χ4v) is 4.46. The van der Waals surface area contributed by atoms with Gasteiger partial charge in [0.1, 0.15) is 5.00 Å². The van der Waals surface area contributed by atoms with Gasteiger partial charge in [0.05, 0.1) is 17.6 Å². The summed E-state index contributed by atoms with van der Waals surface area (Å²) >= 11 is 1.09. The number of nitrogens with one attached hydrogen (secondary N) is 3. The van der Waals surface area contributed by atoms with Crippen molar-refractivity contribution in [2.75, 3.05) is 17.1 Å². The van der Waals surface area contributed by atoms with Gasteiger partial charge in [-0.05, 0) is 48.7 Å². The Bertz CT molecular complexity index is 1270. The Morgan fingerprint density at radius 1 is 0.969 bits per heavy atom. The molecule has 3 amide bonds. The molecule has 0 bridgehead atoms. The highest BCUT2D eigenvalue weighted by Gasteiger charge is 2.19. The van der Waals surface area contributed by atoms with Crippen LogP contribution in [0.4, 0.5) is 15.5 Å². The lowest BCUT2D eigenvalue weighted by Gasteiger charge is -2.10. The van der Waals surface area contributed by atoms with Gasteiger partial charge >= 0.3 is 6.09 Å². The molecular weight excluding hydrogens is 454 g/mol. The van der Waals surface area contributed by atoms with Gasteiger partial charge in [0, 0.05) is 11.3 Å². The number of aryl methyl sites for hydroxylation is 1. The fourth-order valence-electron chi connectivity index (χ4n) is 2.63. The normalized spacial score (nSPS) is 10.8. The molecule has 0 radical (unpaired) electrons. The van der Waals surface area contributed by atoms with Crippen LogP contribution in [0.2, 0.25) is 0 Å². The Balaban J connectivity index is 1.75. The Kier molecular flexibility index (Phi) is 6.91. The molecule has 32 heavy (non-hydrogen) atoms. The second-order valence-electron chi connectivity index (χ2n) is 6.56. The molecule has 3 aromatic rings. The topological polar surface area (TPSA) is 131 Å². The maximum Gasteiger partial charge on any atom is 0.413 e. The lowest BCUT2D eigenvalue weighted by Crippen LogP contribution is -2.30. The highest BCUT2D eigenvalue weighted by atomic mass is 32.2. The maximum absolute atomic E-state index is 12.7. The number of ether oxygens (including phenoxy) is 1. The van der Waals surface area contributed by atoms with Crippen molar-refractivity contribution in [1.29, 1.82) is 0 Å². The zero-order chi connectivity index (χ0) is 23.3. The molecule has 0 fully saturated rings. The highest BCUT2D eigenvalue weighted by Crippen LogP contribution is 2.25. The van der Waals surface area contributed by atoms with Gasteiger partial charge in [-0.1, -0.05) is 23.8 Å². The maximum atomic E-state index is 12.7. The zero-order valence-corrected chi connectivity index (χ0v) is 18.7. The molecule has 0 aliphatic heterocycles. The van der Waals surface area contributed by atoms with Crippen LogP contribution in [-0.4, -0.2) is 33.4 Å². The van der Waals surface area contributed by atoms with E-state index < -0.39 is 27.9 Å². The van der Waals surface area contributed by atoms with E-state index in [2.05, 4.69) is 14.8 Å². The van der Waals surface area contributed by atoms with E-state index in [9.17, 15) is 22.8 Å². The van der Waals surface area contributed by atoms with Crippen LogP contribution in [-0.2, 0) is 14.8 Å². The first-order chi connectivity index (χ1) is 15.2. The Morgan fingerprint density at radius 2 is 1.69 bits per heavy atom. The average Bonchev–Trinajstić information content (AvgIpc) is 3.22. The second-order valence-corrected chi connectivity index (χ2v) is 9.16. The van der Waals surface area contributed by atoms with Crippen LogP contribution in [0.5, 0.6) is 0 Å². The van der Waals surface area contributed by atoms with E-state index in [1.165, 1.54) is 42.5 Å². The van der Waals surface area contributed by atoms with Crippen LogP contribution in [0, 0.1) is 6.92 Å². The van der Waals surface area contributed by atoms with E-state index in [0.29, 0.717) is 0 Å². The molecule has 1 heterocycles. The van der Waals surface area contributed by atoms with Gasteiger partial charge in [-0.2, -0.15) is 0 Å². The number of carbonyl (C=O) groups is 3. The number of benzene rings is 2. The number of hydrogen-bond donors (Lipinski definition) is 3. The molecule has 1 aromatic heterocycles. The van der Waals surface area contributed by atoms with Gasteiger partial charge in [0.15, 0.2) is 0 Å². The number of carbonyl (C=O) groups excluding carboxylic acids is 3. The van der Waals surface area contributed by atoms with Crippen LogP contribution in [0.15, 0.2) is 64.9 Å². The molecular formula is C21H19N3O6S2. The van der Waals surface area contributed by atoms with Crippen LogP contribution in [0.3, 0.4) is 0 Å². The van der Waals surface area contributed by atoms with Gasteiger partial charge in [0.25, 0.3) is 21.8 Å². The van der Waals surface area contributed by atoms with Crippen LogP contribution < -0.4 is 15.4 Å². The predicted octanol–water partition coefficient (Wildman–Crippen LogP) is 3.61. The minimum atomic E-state index is -3.83. The number of hydrogen-bond acceptors (Lipinski definition) is 7. The van der Waals surface area contributed by atoms with Gasteiger partial charge in [-0.3, -0.25) is 19.6 Å². The van der Waals surface area contributed by atoms with Crippen molar-refractivity contribution >= 4 is 50.0 Å². The molecule has 0 aliphatic carbocycles. The fraction of sp³-hybridized carbons (Fsp3) is 0.0952. The number of sulfonamides is 1. The van der Waals surface area contributed by atoms with Gasteiger partial charge in [-0.25, -0.2) is 13.2 Å². The van der Waals surface area contributed by atoms with Gasteiger partial charge in [-0.15, -0.1) is 11.3 Å². The molecule has 3 rings (SSSR count). The monoisotopic (exact) mass is 473 g/mol. The standard InChI is InChI=1S/C21H19N3O6S2/c1-13-6-8-16(9-7-13)32(28,29)24-15-5-3-4-14(12-15)18(25)22-20-17(10-11-31-20)19(26)23-21(27)30-2/h3-12,24H,1-2H3,(H,22,25)(H,23,26,27). The lowest BCUT2D eigenvalue weighted by molar-refractivity contribution is 0.0938. The first-order valence-electron chi connectivity index (χ1n) is 9.17. The molecule has 11 heteroatoms. The first-order valence-corrected chi connectivity index (χ1v) is 11.5. The van der Waals surface area contributed by atoms with Crippen LogP contribution >= 0.6 is 11.3 Å². The summed E-state index contributed by atoms with van der Waals surface area (Å²) in [6, 6.07) is 13.7. The summed E-state index contributed by atoms with van der Waals surface area (Å²) in [5, 5.41) is 6.42. The van der Waals surface area contributed by atoms with Crippen molar-refractivity contribution in [2.45, 2.75) is 11.8 Å². The average molecular weight is 474 g/mol. The SMILES string of the molecule is COC(=O)NC(=O)c1ccsc1NC(=O)c1cccc(NS(=O)(=O)c2ccc(C)cc2)c1. The quantitative estimate of drug-likeness (QED) is 0.501. The van der Waals surface area contributed by atoms with Crippen molar-refractivity contribution in [1.82, 2.24) is 5.32 Å². The van der Waals surface area contributed by atoms with Crippen molar-refractivity contribution in [3.63, 3.8) is 0 Å². The van der Waals surface area contributed by atoms with Crippen LogP contribution in [0.25, 0.3) is 0 Å². The molecule has 9 nitrogen and oxygen atoms in total. The molecule has 0 unspecified atom stereocenters. The summed E-state index contributed by atoms with van der Waals surface area (Å²) in [6.45, 7) is 1.85. The summed E-state index contributed by atoms with van der Waals surface area (Å²) in [5.41, 5.74) is 1.38. The number of imide groups is 1. The smallest absolute Gasteiger partial charge is 0.413 e. The number of methoxy groups -OCH3 is 1. The number of anilines is 2. The summed E-state index contributed by atoms with van der Waals surface area (Å²) in [4.78, 5) is 36.2. The van der Waals surface area contributed by atoms with E-state index in [4.69, 9.17) is 0 Å². The van der Waals surface area contributed by atoms with E-state index in [1.807, 2.05) is 12.2 Å². The molecule has 0 atom stereocenters. The number of thiophene rings is 1. The number of rotatable bonds is 6. The van der Waals surface area contributed by atoms with E-state index in [1.54, 1.807) is 17.5 Å². The summed E-state index contributed by atoms with van der Waals surface area (Å²) < 4.78 is 32.0. The van der Waals surface area contributed by atoms with Crippen molar-refractivity contribution in [2.24, 2.45) is 0 Å². The third kappa shape index (κ3) is 5.50.